The van der Waals surface area contributed by atoms with Crippen LogP contribution in [0, 0.1) is 0 Å². The maximum absolute atomic E-state index is 12.4. The van der Waals surface area contributed by atoms with Crippen LogP contribution in [-0.4, -0.2) is 32.7 Å². The normalized spacial score (nSPS) is 10.0. The second-order valence-corrected chi connectivity index (χ2v) is 4.96. The van der Waals surface area contributed by atoms with Crippen LogP contribution in [0.2, 0.25) is 0 Å². The van der Waals surface area contributed by atoms with Gasteiger partial charge in [-0.05, 0) is 31.2 Å². The summed E-state index contributed by atoms with van der Waals surface area (Å²) in [4.78, 5) is 23.8. The lowest BCUT2D eigenvalue weighted by Gasteiger charge is -2.16. The molecule has 0 saturated carbocycles. The summed E-state index contributed by atoms with van der Waals surface area (Å²) >= 11 is 0. The topological polar surface area (TPSA) is 96.9 Å². The summed E-state index contributed by atoms with van der Waals surface area (Å²) < 4.78 is 15.6. The molecule has 2 aromatic rings. The first kappa shape index (κ1) is 18.1. The lowest BCUT2D eigenvalue weighted by molar-refractivity contribution is -0.254. The third-order valence-corrected chi connectivity index (χ3v) is 3.40. The molecule has 0 fully saturated rings. The van der Waals surface area contributed by atoms with Crippen molar-refractivity contribution in [1.29, 1.82) is 0 Å². The summed E-state index contributed by atoms with van der Waals surface area (Å²) in [7, 11) is 2.79. The molecule has 25 heavy (non-hydrogen) atoms. The molecule has 7 heteroatoms. The van der Waals surface area contributed by atoms with Crippen molar-refractivity contribution < 1.29 is 28.9 Å². The summed E-state index contributed by atoms with van der Waals surface area (Å²) in [5.41, 5.74) is 0.154. The number of benzene rings is 2. The van der Waals surface area contributed by atoms with Crippen LogP contribution < -0.4 is 24.6 Å². The van der Waals surface area contributed by atoms with E-state index >= 15 is 0 Å². The first-order valence-electron chi connectivity index (χ1n) is 7.51. The van der Waals surface area contributed by atoms with Gasteiger partial charge in [-0.1, -0.05) is 6.07 Å². The minimum atomic E-state index is -1.45. The first-order chi connectivity index (χ1) is 12.0. The number of aromatic carboxylic acids is 1. The van der Waals surface area contributed by atoms with Gasteiger partial charge >= 0.3 is 0 Å². The van der Waals surface area contributed by atoms with Gasteiger partial charge in [0.25, 0.3) is 5.91 Å². The summed E-state index contributed by atoms with van der Waals surface area (Å²) in [5, 5.41) is 13.9. The predicted molar refractivity (Wildman–Crippen MR) is 89.4 cm³/mol. The molecule has 1 amide bonds. The summed E-state index contributed by atoms with van der Waals surface area (Å²) in [5.74, 6) is -0.887. The molecular formula is C18H18NO6-. The molecule has 0 spiro atoms. The Kier molecular flexibility index (Phi) is 5.84. The number of carboxylic acid groups (broad SMARTS) is 1. The number of ether oxygens (including phenoxy) is 3. The highest BCUT2D eigenvalue weighted by Crippen LogP contribution is 2.33. The Morgan fingerprint density at radius 3 is 2.36 bits per heavy atom. The average molecular weight is 344 g/mol. The van der Waals surface area contributed by atoms with Crippen molar-refractivity contribution in [1.82, 2.24) is 0 Å². The van der Waals surface area contributed by atoms with Crippen LogP contribution in [0.3, 0.4) is 0 Å². The molecule has 0 aromatic heterocycles. The molecule has 132 valence electrons. The Balaban J connectivity index is 2.36. The van der Waals surface area contributed by atoms with E-state index < -0.39 is 11.9 Å². The number of nitrogens with one attached hydrogen (secondary N) is 1. The van der Waals surface area contributed by atoms with Crippen LogP contribution in [0.25, 0.3) is 0 Å². The lowest BCUT2D eigenvalue weighted by atomic mass is 10.1. The Morgan fingerprint density at radius 2 is 1.76 bits per heavy atom. The van der Waals surface area contributed by atoms with Crippen LogP contribution in [0.1, 0.15) is 27.6 Å². The van der Waals surface area contributed by atoms with Crippen molar-refractivity contribution in [2.75, 3.05) is 26.1 Å². The fraction of sp³-hybridized carbons (Fsp3) is 0.222. The summed E-state index contributed by atoms with van der Waals surface area (Å²) in [6, 6.07) is 9.17. The van der Waals surface area contributed by atoms with Crippen molar-refractivity contribution in [2.24, 2.45) is 0 Å². The minimum Gasteiger partial charge on any atom is -0.545 e. The largest absolute Gasteiger partial charge is 0.545 e. The highest BCUT2D eigenvalue weighted by atomic mass is 16.5. The highest BCUT2D eigenvalue weighted by molar-refractivity contribution is 6.08. The summed E-state index contributed by atoms with van der Waals surface area (Å²) in [6.07, 6.45) is 0. The van der Waals surface area contributed by atoms with Crippen molar-refractivity contribution in [2.45, 2.75) is 6.92 Å². The van der Waals surface area contributed by atoms with E-state index in [0.29, 0.717) is 17.9 Å². The molecule has 0 bridgehead atoms. The molecule has 0 saturated heterocycles. The van der Waals surface area contributed by atoms with Crippen molar-refractivity contribution in [3.63, 3.8) is 0 Å². The molecule has 7 nitrogen and oxygen atoms in total. The van der Waals surface area contributed by atoms with Crippen LogP contribution in [-0.2, 0) is 0 Å². The molecule has 1 N–H and O–H groups in total. The molecule has 0 aliphatic carbocycles. The number of hydrogen-bond acceptors (Lipinski definition) is 6. The van der Waals surface area contributed by atoms with E-state index in [-0.39, 0.29) is 22.7 Å². The number of rotatable bonds is 7. The molecule has 0 radical (unpaired) electrons. The van der Waals surface area contributed by atoms with E-state index in [1.807, 2.05) is 6.92 Å². The number of methoxy groups -OCH3 is 2. The minimum absolute atomic E-state index is 0.0458. The maximum atomic E-state index is 12.4. The van der Waals surface area contributed by atoms with Gasteiger partial charge in [0.1, 0.15) is 5.75 Å². The molecule has 2 aromatic carbocycles. The van der Waals surface area contributed by atoms with Gasteiger partial charge in [-0.2, -0.15) is 0 Å². The third kappa shape index (κ3) is 4.20. The Bertz CT molecular complexity index is 787. The van der Waals surface area contributed by atoms with Gasteiger partial charge in [0.15, 0.2) is 11.5 Å². The van der Waals surface area contributed by atoms with Crippen molar-refractivity contribution >= 4 is 17.6 Å². The average Bonchev–Trinajstić information content (AvgIpc) is 2.61. The maximum Gasteiger partial charge on any atom is 0.255 e. The van der Waals surface area contributed by atoms with Crippen LogP contribution >= 0.6 is 0 Å². The molecule has 0 unspecified atom stereocenters. The zero-order valence-electron chi connectivity index (χ0n) is 14.1. The Morgan fingerprint density at radius 1 is 1.08 bits per heavy atom. The van der Waals surface area contributed by atoms with Crippen LogP contribution in [0.15, 0.2) is 36.4 Å². The standard InChI is InChI=1S/C18H19NO6/c1-4-25-12-7-5-6-11(8-12)17(20)19-14-10-16(24-3)15(23-2)9-13(14)18(21)22/h5-10H,4H2,1-3H3,(H,19,20)(H,21,22)/p-1. The van der Waals surface area contributed by atoms with E-state index in [4.69, 9.17) is 14.2 Å². The summed E-state index contributed by atoms with van der Waals surface area (Å²) in [6.45, 7) is 2.30. The quantitative estimate of drug-likeness (QED) is 0.821. The number of anilines is 1. The monoisotopic (exact) mass is 344 g/mol. The zero-order chi connectivity index (χ0) is 18.4. The van der Waals surface area contributed by atoms with Gasteiger partial charge in [0, 0.05) is 17.2 Å². The number of carboxylic acids is 1. The van der Waals surface area contributed by atoms with Gasteiger partial charge in [0.2, 0.25) is 0 Å². The molecule has 0 heterocycles. The molecule has 0 aliphatic heterocycles. The highest BCUT2D eigenvalue weighted by Gasteiger charge is 2.15. The number of amides is 1. The SMILES string of the molecule is CCOc1cccc(C(=O)Nc2cc(OC)c(OC)cc2C(=O)[O-])c1. The van der Waals surface area contributed by atoms with Gasteiger partial charge in [-0.25, -0.2) is 0 Å². The Hall–Kier alpha value is -3.22. The van der Waals surface area contributed by atoms with Gasteiger partial charge in [-0.15, -0.1) is 0 Å². The van der Waals surface area contributed by atoms with E-state index in [0.717, 1.165) is 0 Å². The second kappa shape index (κ2) is 8.05. The van der Waals surface area contributed by atoms with Gasteiger partial charge in [0.05, 0.1) is 32.5 Å². The molecule has 0 aliphatic rings. The lowest BCUT2D eigenvalue weighted by Crippen LogP contribution is -2.25. The number of carbonyl (C=O) groups excluding carboxylic acids is 2. The van der Waals surface area contributed by atoms with Crippen LogP contribution in [0.5, 0.6) is 17.2 Å². The van der Waals surface area contributed by atoms with Crippen molar-refractivity contribution in [3.05, 3.63) is 47.5 Å². The number of hydrogen-bond donors (Lipinski definition) is 1. The van der Waals surface area contributed by atoms with Crippen molar-refractivity contribution in [3.8, 4) is 17.2 Å². The fourth-order valence-electron chi connectivity index (χ4n) is 2.24. The molecule has 0 atom stereocenters. The van der Waals surface area contributed by atoms with E-state index in [1.165, 1.54) is 26.4 Å². The third-order valence-electron chi connectivity index (χ3n) is 3.40. The predicted octanol–water partition coefficient (Wildman–Crippen LogP) is 1.72. The van der Waals surface area contributed by atoms with E-state index in [1.54, 1.807) is 24.3 Å². The first-order valence-corrected chi connectivity index (χ1v) is 7.51. The smallest absolute Gasteiger partial charge is 0.255 e. The van der Waals surface area contributed by atoms with Crippen LogP contribution in [0.4, 0.5) is 5.69 Å². The van der Waals surface area contributed by atoms with Gasteiger partial charge < -0.3 is 29.4 Å². The van der Waals surface area contributed by atoms with E-state index in [9.17, 15) is 14.7 Å². The van der Waals surface area contributed by atoms with Gasteiger partial charge in [-0.3, -0.25) is 4.79 Å². The fourth-order valence-corrected chi connectivity index (χ4v) is 2.24. The zero-order valence-corrected chi connectivity index (χ0v) is 14.1. The molecular weight excluding hydrogens is 326 g/mol. The molecule has 2 rings (SSSR count). The Labute approximate surface area is 145 Å². The number of carbonyl (C=O) groups is 2. The second-order valence-electron chi connectivity index (χ2n) is 4.96. The van der Waals surface area contributed by atoms with E-state index in [2.05, 4.69) is 5.32 Å².